The molecular formula is C42H46FN5O9S. The number of carbonyl (C=O) groups excluding carboxylic acids is 4. The average molecular weight is 816 g/mol. The van der Waals surface area contributed by atoms with Crippen LogP contribution in [0, 0.1) is 11.7 Å². The molecule has 3 N–H and O–H groups in total. The Kier molecular flexibility index (Phi) is 10.0. The summed E-state index contributed by atoms with van der Waals surface area (Å²) in [6.45, 7) is -0.105. The fourth-order valence-corrected chi connectivity index (χ4v) is 10.2. The highest BCUT2D eigenvalue weighted by Crippen LogP contribution is 2.46. The van der Waals surface area contributed by atoms with E-state index < -0.39 is 74.5 Å². The van der Waals surface area contributed by atoms with Crippen molar-refractivity contribution >= 4 is 66.8 Å². The van der Waals surface area contributed by atoms with Crippen LogP contribution < -0.4 is 20.1 Å². The number of halogens is 1. The Morgan fingerprint density at radius 2 is 1.76 bits per heavy atom. The van der Waals surface area contributed by atoms with Gasteiger partial charge in [0.15, 0.2) is 11.3 Å². The van der Waals surface area contributed by atoms with Gasteiger partial charge in [-0.15, -0.1) is 0 Å². The van der Waals surface area contributed by atoms with Crippen molar-refractivity contribution in [3.8, 4) is 5.75 Å². The van der Waals surface area contributed by atoms with Crippen LogP contribution in [0.15, 0.2) is 59.0 Å². The summed E-state index contributed by atoms with van der Waals surface area (Å²) < 4.78 is 61.5. The van der Waals surface area contributed by atoms with Gasteiger partial charge in [-0.1, -0.05) is 37.1 Å². The molecule has 3 saturated carbocycles. The van der Waals surface area contributed by atoms with Crippen molar-refractivity contribution in [2.75, 3.05) is 6.54 Å². The van der Waals surface area contributed by atoms with Crippen LogP contribution in [0.25, 0.3) is 33.0 Å². The van der Waals surface area contributed by atoms with Crippen molar-refractivity contribution < 1.29 is 45.9 Å². The third-order valence-corrected chi connectivity index (χ3v) is 14.0. The first-order valence-corrected chi connectivity index (χ1v) is 21.9. The van der Waals surface area contributed by atoms with Crippen molar-refractivity contribution in [3.63, 3.8) is 0 Å². The molecule has 58 heavy (non-hydrogen) atoms. The van der Waals surface area contributed by atoms with E-state index in [0.29, 0.717) is 54.1 Å². The number of allylic oxidation sites excluding steroid dienone is 1. The molecule has 5 aliphatic rings. The lowest BCUT2D eigenvalue weighted by atomic mass is 10.0. The molecule has 0 radical (unpaired) electrons. The lowest BCUT2D eigenvalue weighted by molar-refractivity contribution is -0.141. The third kappa shape index (κ3) is 7.46. The maximum Gasteiger partial charge on any atom is 0.408 e. The summed E-state index contributed by atoms with van der Waals surface area (Å²) >= 11 is 0. The van der Waals surface area contributed by atoms with Crippen LogP contribution in [0.4, 0.5) is 9.18 Å². The van der Waals surface area contributed by atoms with Gasteiger partial charge < -0.3 is 29.4 Å². The number of hydrogen-bond donors (Lipinski definition) is 3. The molecule has 1 saturated heterocycles. The molecule has 5 atom stereocenters. The second kappa shape index (κ2) is 15.2. The molecule has 4 heterocycles. The van der Waals surface area contributed by atoms with Gasteiger partial charge in [0.05, 0.1) is 17.3 Å². The van der Waals surface area contributed by atoms with Crippen molar-refractivity contribution in [2.45, 2.75) is 119 Å². The number of rotatable bonds is 7. The van der Waals surface area contributed by atoms with E-state index in [2.05, 4.69) is 15.4 Å². The highest BCUT2D eigenvalue weighted by Gasteiger charge is 2.62. The van der Waals surface area contributed by atoms with Gasteiger partial charge in [-0.2, -0.15) is 0 Å². The minimum Gasteiger partial charge on any atom is -0.484 e. The topological polar surface area (TPSA) is 186 Å². The second-order valence-corrected chi connectivity index (χ2v) is 18.3. The number of fused-ring (bicyclic) bond motifs is 6. The van der Waals surface area contributed by atoms with Gasteiger partial charge in [0.25, 0.3) is 5.91 Å². The van der Waals surface area contributed by atoms with E-state index in [-0.39, 0.29) is 36.8 Å². The van der Waals surface area contributed by atoms with Crippen molar-refractivity contribution in [1.29, 1.82) is 0 Å². The average Bonchev–Trinajstić information content (AvgIpc) is 4.01. The van der Waals surface area contributed by atoms with E-state index in [0.717, 1.165) is 43.9 Å². The molecule has 0 spiro atoms. The van der Waals surface area contributed by atoms with Gasteiger partial charge >= 0.3 is 6.09 Å². The van der Waals surface area contributed by atoms with Gasteiger partial charge in [-0.05, 0) is 94.5 Å². The molecular weight excluding hydrogens is 770 g/mol. The molecule has 2 aromatic carbocycles. The zero-order valence-corrected chi connectivity index (χ0v) is 32.7. The van der Waals surface area contributed by atoms with Crippen molar-refractivity contribution in [2.24, 2.45) is 5.92 Å². The van der Waals surface area contributed by atoms with Gasteiger partial charge in [0, 0.05) is 23.1 Å². The molecule has 14 nitrogen and oxygen atoms in total. The number of para-hydroxylation sites is 1. The standard InChI is InChI=1S/C42H46FN5O9S/c43-25-16-19-31-30(20-25)36(37-35(44-31)29-13-8-9-15-34(29)57-37)55-27-21-33-38(49)46-42(40(51)47-58(53,54)28-17-18-28)22-24(42)10-4-2-1-3-5-14-32(39(50)48(33)23-27)45-41(52)56-26-11-6-7-12-26/h4,8-10,13,15-16,19-20,24,26-28,32-33H,1-3,5-7,11-12,14,17-18,21-23H2,(H,45,52)(H,46,49)(H,47,51)/b10-4-/t24-,27-,32+,33+,42-/m1/s1. The van der Waals surface area contributed by atoms with Gasteiger partial charge in [-0.3, -0.25) is 19.1 Å². The highest BCUT2D eigenvalue weighted by atomic mass is 32.2. The monoisotopic (exact) mass is 815 g/mol. The first-order valence-electron chi connectivity index (χ1n) is 20.4. The summed E-state index contributed by atoms with van der Waals surface area (Å²) in [6.07, 6.45) is 9.54. The molecule has 2 aliphatic heterocycles. The van der Waals surface area contributed by atoms with Crippen LogP contribution in [0.5, 0.6) is 5.75 Å². The normalized spacial score (nSPS) is 27.6. The first-order chi connectivity index (χ1) is 28.0. The van der Waals surface area contributed by atoms with E-state index in [1.165, 1.54) is 17.0 Å². The minimum absolute atomic E-state index is 0.0454. The lowest BCUT2D eigenvalue weighted by Gasteiger charge is -2.30. The largest absolute Gasteiger partial charge is 0.484 e. The Morgan fingerprint density at radius 3 is 2.57 bits per heavy atom. The number of furan rings is 1. The molecule has 9 rings (SSSR count). The summed E-state index contributed by atoms with van der Waals surface area (Å²) in [5.41, 5.74) is 0.208. The molecule has 4 amide bonds. The molecule has 2 aromatic heterocycles. The summed E-state index contributed by atoms with van der Waals surface area (Å²) in [4.78, 5) is 62.5. The summed E-state index contributed by atoms with van der Waals surface area (Å²) in [6, 6.07) is 9.23. The molecule has 16 heteroatoms. The van der Waals surface area contributed by atoms with Gasteiger partial charge in [0.1, 0.15) is 46.7 Å². The van der Waals surface area contributed by atoms with Crippen LogP contribution in [0.1, 0.15) is 83.5 Å². The number of ether oxygens (including phenoxy) is 2. The highest BCUT2D eigenvalue weighted by molar-refractivity contribution is 7.91. The van der Waals surface area contributed by atoms with Crippen molar-refractivity contribution in [1.82, 2.24) is 25.2 Å². The number of nitrogens with one attached hydrogen (secondary N) is 3. The smallest absolute Gasteiger partial charge is 0.408 e. The molecule has 3 aliphatic carbocycles. The van der Waals surface area contributed by atoms with E-state index in [4.69, 9.17) is 18.9 Å². The Labute approximate surface area is 334 Å². The van der Waals surface area contributed by atoms with Crippen molar-refractivity contribution in [3.05, 3.63) is 60.4 Å². The van der Waals surface area contributed by atoms with E-state index in [9.17, 15) is 32.0 Å². The maximum atomic E-state index is 14.8. The van der Waals surface area contributed by atoms with Gasteiger partial charge in [0.2, 0.25) is 21.8 Å². The van der Waals surface area contributed by atoms with Crippen LogP contribution in [-0.4, -0.2) is 83.7 Å². The Balaban J connectivity index is 1.06. The number of benzene rings is 2. The predicted molar refractivity (Wildman–Crippen MR) is 210 cm³/mol. The Hall–Kier alpha value is -5.25. The summed E-state index contributed by atoms with van der Waals surface area (Å²) in [7, 11) is -3.93. The third-order valence-electron chi connectivity index (χ3n) is 12.2. The summed E-state index contributed by atoms with van der Waals surface area (Å²) in [5.74, 6) is -2.81. The zero-order valence-electron chi connectivity index (χ0n) is 31.9. The molecule has 306 valence electrons. The van der Waals surface area contributed by atoms with Crippen LogP contribution in [0.2, 0.25) is 0 Å². The fraction of sp³-hybridized carbons (Fsp3) is 0.500. The van der Waals surface area contributed by atoms with E-state index in [1.54, 1.807) is 12.1 Å². The number of nitrogens with zero attached hydrogens (tertiary/aromatic N) is 2. The van der Waals surface area contributed by atoms with Crippen LogP contribution in [-0.2, 0) is 29.1 Å². The zero-order chi connectivity index (χ0) is 40.2. The Morgan fingerprint density at radius 1 is 0.966 bits per heavy atom. The van der Waals surface area contributed by atoms with Gasteiger partial charge in [-0.25, -0.2) is 22.6 Å². The predicted octanol–water partition coefficient (Wildman–Crippen LogP) is 5.66. The molecule has 0 unspecified atom stereocenters. The number of carbonyl (C=O) groups is 4. The number of pyridine rings is 1. The number of alkyl carbamates (subject to hydrolysis) is 1. The number of hydrogen-bond acceptors (Lipinski definition) is 10. The first kappa shape index (κ1) is 38.3. The quantitative estimate of drug-likeness (QED) is 0.197. The van der Waals surface area contributed by atoms with Crippen LogP contribution >= 0.6 is 0 Å². The number of amides is 4. The molecule has 4 aromatic rings. The Bertz CT molecular complexity index is 2440. The summed E-state index contributed by atoms with van der Waals surface area (Å²) in [5, 5.41) is 6.08. The minimum atomic E-state index is -3.93. The lowest BCUT2D eigenvalue weighted by Crippen LogP contribution is -2.58. The molecule has 0 bridgehead atoms. The fourth-order valence-electron chi connectivity index (χ4n) is 8.79. The van der Waals surface area contributed by atoms with Crippen LogP contribution in [0.3, 0.4) is 0 Å². The number of aromatic nitrogens is 1. The second-order valence-electron chi connectivity index (χ2n) is 16.4. The molecule has 4 fully saturated rings. The maximum absolute atomic E-state index is 14.8. The van der Waals surface area contributed by atoms with E-state index in [1.807, 2.05) is 30.4 Å². The van der Waals surface area contributed by atoms with E-state index >= 15 is 0 Å². The SMILES string of the molecule is O=C(N[C@H]1CCCCC/C=C\[C@@H]2C[C@@]2(C(=O)NS(=O)(=O)C2CC2)NC(=O)[C@@H]2C[C@@H](Oc3c4cc(F)ccc4nc4c3oc3ccccc34)CN2C1=O)OC1CCCC1. The number of sulfonamides is 1.